The summed E-state index contributed by atoms with van der Waals surface area (Å²) in [6.07, 6.45) is 24.6. The van der Waals surface area contributed by atoms with Gasteiger partial charge in [0, 0.05) is 6.42 Å². The van der Waals surface area contributed by atoms with Gasteiger partial charge in [-0.25, -0.2) is 0 Å². The molecule has 0 radical (unpaired) electrons. The number of carbonyl (C=O) groups is 1. The summed E-state index contributed by atoms with van der Waals surface area (Å²) >= 11 is 0. The third kappa shape index (κ3) is 18.1. The number of unbranched alkanes of at least 4 members (excludes halogenated alkanes) is 1. The van der Waals surface area contributed by atoms with E-state index in [2.05, 4.69) is 25.2 Å². The summed E-state index contributed by atoms with van der Waals surface area (Å²) < 4.78 is 0. The molecule has 0 unspecified atom stereocenters. The van der Waals surface area contributed by atoms with Crippen LogP contribution in [0.25, 0.3) is 0 Å². The molecule has 0 amide bonds. The minimum atomic E-state index is -0.743. The molecule has 0 rings (SSSR count). The van der Waals surface area contributed by atoms with Crippen molar-refractivity contribution >= 4 is 5.97 Å². The summed E-state index contributed by atoms with van der Waals surface area (Å²) in [4.78, 5) is 10.3. The normalized spacial score (nSPS) is 14.2. The standard InChI is InChI=1S/C20H30O3/c1-2-3-4-5-7-10-13-16-19(21)17-14-11-8-6-9-12-15-18-20(22)23/h3-4,6-7,9-11,13-14,16,19,21H,2,5,8,12,15,17-18H2,1H3,(H,22,23)/b4-3-,9-6-,10-7-,14-11-,16-13+/t19-/m1/s1. The highest BCUT2D eigenvalue weighted by atomic mass is 16.4. The van der Waals surface area contributed by atoms with Crippen molar-refractivity contribution in [3.63, 3.8) is 0 Å². The number of aliphatic carboxylic acids is 1. The van der Waals surface area contributed by atoms with Crippen molar-refractivity contribution in [2.24, 2.45) is 0 Å². The van der Waals surface area contributed by atoms with Crippen LogP contribution in [0, 0.1) is 0 Å². The van der Waals surface area contributed by atoms with Gasteiger partial charge in [0.1, 0.15) is 0 Å². The molecule has 1 atom stereocenters. The molecule has 128 valence electrons. The lowest BCUT2D eigenvalue weighted by Crippen LogP contribution is -1.98. The van der Waals surface area contributed by atoms with Crippen LogP contribution in [0.1, 0.15) is 51.9 Å². The zero-order valence-electron chi connectivity index (χ0n) is 14.1. The van der Waals surface area contributed by atoms with Crippen LogP contribution < -0.4 is 0 Å². The maximum absolute atomic E-state index is 10.3. The van der Waals surface area contributed by atoms with Crippen molar-refractivity contribution in [2.45, 2.75) is 58.0 Å². The van der Waals surface area contributed by atoms with Gasteiger partial charge in [-0.2, -0.15) is 0 Å². The van der Waals surface area contributed by atoms with Gasteiger partial charge in [-0.05, 0) is 38.5 Å². The van der Waals surface area contributed by atoms with Crippen molar-refractivity contribution < 1.29 is 15.0 Å². The average Bonchev–Trinajstić information content (AvgIpc) is 2.52. The van der Waals surface area contributed by atoms with Gasteiger partial charge < -0.3 is 10.2 Å². The van der Waals surface area contributed by atoms with E-state index in [1.807, 2.05) is 36.5 Å². The maximum atomic E-state index is 10.3. The second kappa shape index (κ2) is 16.5. The molecular weight excluding hydrogens is 288 g/mol. The number of aliphatic hydroxyl groups excluding tert-OH is 1. The molecule has 3 nitrogen and oxygen atoms in total. The zero-order chi connectivity index (χ0) is 17.2. The molecule has 2 N–H and O–H groups in total. The van der Waals surface area contributed by atoms with Gasteiger partial charge in [0.15, 0.2) is 0 Å². The molecule has 0 aliphatic heterocycles. The molecule has 0 bridgehead atoms. The molecule has 0 aliphatic carbocycles. The Morgan fingerprint density at radius 1 is 0.957 bits per heavy atom. The van der Waals surface area contributed by atoms with E-state index in [1.54, 1.807) is 6.08 Å². The Labute approximate surface area is 140 Å². The molecule has 0 aromatic heterocycles. The Hall–Kier alpha value is -1.87. The van der Waals surface area contributed by atoms with E-state index in [9.17, 15) is 9.90 Å². The highest BCUT2D eigenvalue weighted by Gasteiger charge is 1.93. The first-order chi connectivity index (χ1) is 11.2. The number of hydrogen-bond acceptors (Lipinski definition) is 2. The first-order valence-corrected chi connectivity index (χ1v) is 8.35. The predicted octanol–water partition coefficient (Wildman–Crippen LogP) is 4.96. The Kier molecular flexibility index (Phi) is 15.2. The van der Waals surface area contributed by atoms with Crippen LogP contribution >= 0.6 is 0 Å². The van der Waals surface area contributed by atoms with Crippen LogP contribution in [0.3, 0.4) is 0 Å². The molecule has 23 heavy (non-hydrogen) atoms. The second-order valence-electron chi connectivity index (χ2n) is 5.20. The van der Waals surface area contributed by atoms with Crippen LogP contribution in [0.15, 0.2) is 60.8 Å². The minimum absolute atomic E-state index is 0.224. The van der Waals surface area contributed by atoms with Crippen molar-refractivity contribution in [1.29, 1.82) is 0 Å². The first-order valence-electron chi connectivity index (χ1n) is 8.35. The number of allylic oxidation sites excluding steroid dienone is 8. The van der Waals surface area contributed by atoms with Gasteiger partial charge in [-0.1, -0.05) is 67.7 Å². The Balaban J connectivity index is 3.67. The topological polar surface area (TPSA) is 57.5 Å². The highest BCUT2D eigenvalue weighted by molar-refractivity contribution is 5.66. The summed E-state index contributed by atoms with van der Waals surface area (Å²) in [6.45, 7) is 2.11. The fraction of sp³-hybridized carbons (Fsp3) is 0.450. The number of aliphatic hydroxyl groups is 1. The largest absolute Gasteiger partial charge is 0.481 e. The van der Waals surface area contributed by atoms with Gasteiger partial charge in [0.2, 0.25) is 0 Å². The predicted molar refractivity (Wildman–Crippen MR) is 97.3 cm³/mol. The SMILES string of the molecule is CC/C=C\C/C=C\C=C\[C@@H](O)C/C=C\C/C=C\CCCC(=O)O. The molecule has 0 saturated carbocycles. The Morgan fingerprint density at radius 3 is 2.39 bits per heavy atom. The molecule has 0 aromatic carbocycles. The highest BCUT2D eigenvalue weighted by Crippen LogP contribution is 2.00. The van der Waals surface area contributed by atoms with Crippen LogP contribution in [0.4, 0.5) is 0 Å². The molecular formula is C20H30O3. The van der Waals surface area contributed by atoms with Crippen molar-refractivity contribution in [2.75, 3.05) is 0 Å². The van der Waals surface area contributed by atoms with E-state index in [-0.39, 0.29) is 6.42 Å². The van der Waals surface area contributed by atoms with E-state index in [0.717, 1.165) is 25.7 Å². The van der Waals surface area contributed by atoms with Crippen LogP contribution in [-0.2, 0) is 4.79 Å². The quantitative estimate of drug-likeness (QED) is 0.286. The third-order valence-electron chi connectivity index (χ3n) is 3.00. The van der Waals surface area contributed by atoms with Gasteiger partial charge in [0.25, 0.3) is 0 Å². The number of hydrogen-bond donors (Lipinski definition) is 2. The summed E-state index contributed by atoms with van der Waals surface area (Å²) in [5.74, 6) is -0.743. The smallest absolute Gasteiger partial charge is 0.303 e. The van der Waals surface area contributed by atoms with E-state index in [1.165, 1.54) is 0 Å². The van der Waals surface area contributed by atoms with E-state index in [4.69, 9.17) is 5.11 Å². The summed E-state index contributed by atoms with van der Waals surface area (Å²) in [6, 6.07) is 0. The van der Waals surface area contributed by atoms with Crippen LogP contribution in [0.2, 0.25) is 0 Å². The molecule has 3 heteroatoms. The van der Waals surface area contributed by atoms with E-state index < -0.39 is 12.1 Å². The zero-order valence-corrected chi connectivity index (χ0v) is 14.1. The lowest BCUT2D eigenvalue weighted by atomic mass is 10.2. The third-order valence-corrected chi connectivity index (χ3v) is 3.00. The lowest BCUT2D eigenvalue weighted by molar-refractivity contribution is -0.137. The van der Waals surface area contributed by atoms with Crippen molar-refractivity contribution in [3.8, 4) is 0 Å². The Morgan fingerprint density at radius 2 is 1.65 bits per heavy atom. The summed E-state index contributed by atoms with van der Waals surface area (Å²) in [5.41, 5.74) is 0. The lowest BCUT2D eigenvalue weighted by Gasteiger charge is -1.98. The van der Waals surface area contributed by atoms with Crippen LogP contribution in [-0.4, -0.2) is 22.3 Å². The first kappa shape index (κ1) is 21.1. The summed E-state index contributed by atoms with van der Waals surface area (Å²) in [5, 5.41) is 18.2. The van der Waals surface area contributed by atoms with Crippen LogP contribution in [0.5, 0.6) is 0 Å². The monoisotopic (exact) mass is 318 g/mol. The number of carboxylic acids is 1. The Bertz CT molecular complexity index is 428. The molecule has 0 saturated heterocycles. The van der Waals surface area contributed by atoms with E-state index >= 15 is 0 Å². The van der Waals surface area contributed by atoms with Crippen molar-refractivity contribution in [1.82, 2.24) is 0 Å². The number of rotatable bonds is 13. The fourth-order valence-electron chi connectivity index (χ4n) is 1.77. The maximum Gasteiger partial charge on any atom is 0.303 e. The molecule has 0 fully saturated rings. The van der Waals surface area contributed by atoms with Gasteiger partial charge in [0.05, 0.1) is 6.10 Å². The fourth-order valence-corrected chi connectivity index (χ4v) is 1.77. The molecule has 0 heterocycles. The van der Waals surface area contributed by atoms with Gasteiger partial charge in [-0.15, -0.1) is 0 Å². The molecule has 0 spiro atoms. The number of carboxylic acid groups (broad SMARTS) is 1. The molecule has 0 aliphatic rings. The van der Waals surface area contributed by atoms with Gasteiger partial charge in [-0.3, -0.25) is 4.79 Å². The summed E-state index contributed by atoms with van der Waals surface area (Å²) in [7, 11) is 0. The average molecular weight is 318 g/mol. The van der Waals surface area contributed by atoms with Crippen molar-refractivity contribution in [3.05, 3.63) is 60.8 Å². The van der Waals surface area contributed by atoms with E-state index in [0.29, 0.717) is 12.8 Å². The van der Waals surface area contributed by atoms with Gasteiger partial charge >= 0.3 is 5.97 Å². The molecule has 0 aromatic rings. The minimum Gasteiger partial charge on any atom is -0.481 e. The second-order valence-corrected chi connectivity index (χ2v) is 5.20.